The van der Waals surface area contributed by atoms with Crippen LogP contribution < -0.4 is 5.32 Å². The largest absolute Gasteiger partial charge is 0.306 e. The summed E-state index contributed by atoms with van der Waals surface area (Å²) in [5.41, 5.74) is -0.279. The van der Waals surface area contributed by atoms with Crippen molar-refractivity contribution in [2.75, 3.05) is 20.1 Å². The predicted octanol–water partition coefficient (Wildman–Crippen LogP) is 1.36. The molecule has 3 nitrogen and oxygen atoms in total. The number of hydrogen-bond donors (Lipinski definition) is 1. The van der Waals surface area contributed by atoms with Crippen LogP contribution in [0.25, 0.3) is 0 Å². The van der Waals surface area contributed by atoms with Crippen LogP contribution in [-0.4, -0.2) is 36.6 Å². The molecule has 1 atom stereocenters. The first-order valence-corrected chi connectivity index (χ1v) is 5.45. The van der Waals surface area contributed by atoms with Crippen molar-refractivity contribution in [2.24, 2.45) is 0 Å². The van der Waals surface area contributed by atoms with Gasteiger partial charge in [-0.05, 0) is 46.7 Å². The third kappa shape index (κ3) is 2.97. The van der Waals surface area contributed by atoms with Gasteiger partial charge in [0.25, 0.3) is 0 Å². The second kappa shape index (κ2) is 4.77. The molecule has 3 heteroatoms. The van der Waals surface area contributed by atoms with Gasteiger partial charge in [0.1, 0.15) is 5.54 Å². The fourth-order valence-corrected chi connectivity index (χ4v) is 2.11. The molecule has 0 aliphatic carbocycles. The van der Waals surface area contributed by atoms with Crippen LogP contribution in [0.4, 0.5) is 0 Å². The first-order chi connectivity index (χ1) is 6.58. The lowest BCUT2D eigenvalue weighted by Crippen LogP contribution is -2.48. The van der Waals surface area contributed by atoms with E-state index in [1.54, 1.807) is 0 Å². The van der Waals surface area contributed by atoms with E-state index >= 15 is 0 Å². The Hall–Kier alpha value is -0.590. The molecule has 1 heterocycles. The zero-order valence-electron chi connectivity index (χ0n) is 9.51. The number of rotatable bonds is 2. The maximum atomic E-state index is 9.27. The van der Waals surface area contributed by atoms with E-state index in [1.165, 1.54) is 0 Å². The van der Waals surface area contributed by atoms with Crippen LogP contribution in [0.5, 0.6) is 0 Å². The van der Waals surface area contributed by atoms with Gasteiger partial charge in [-0.25, -0.2) is 0 Å². The lowest BCUT2D eigenvalue weighted by molar-refractivity contribution is 0.314. The molecule has 1 aliphatic heterocycles. The molecule has 1 N–H and O–H groups in total. The topological polar surface area (TPSA) is 39.1 Å². The van der Waals surface area contributed by atoms with Gasteiger partial charge in [-0.1, -0.05) is 0 Å². The average Bonchev–Trinajstić information content (AvgIpc) is 2.29. The molecule has 14 heavy (non-hydrogen) atoms. The third-order valence-electron chi connectivity index (χ3n) is 2.84. The van der Waals surface area contributed by atoms with Gasteiger partial charge in [0.15, 0.2) is 0 Å². The predicted molar refractivity (Wildman–Crippen MR) is 58.0 cm³/mol. The summed E-state index contributed by atoms with van der Waals surface area (Å²) in [6.45, 7) is 6.35. The molecular formula is C11H21N3. The van der Waals surface area contributed by atoms with E-state index in [2.05, 4.69) is 37.2 Å². The van der Waals surface area contributed by atoms with Gasteiger partial charge < -0.3 is 4.90 Å². The molecule has 0 saturated carbocycles. The fourth-order valence-electron chi connectivity index (χ4n) is 2.11. The van der Waals surface area contributed by atoms with Crippen LogP contribution in [0, 0.1) is 11.3 Å². The number of nitrogens with one attached hydrogen (secondary N) is 1. The van der Waals surface area contributed by atoms with Crippen LogP contribution in [0.1, 0.15) is 33.1 Å². The number of likely N-dealkylation sites (tertiary alicyclic amines) is 1. The number of nitrogens with zero attached hydrogens (tertiary/aromatic N) is 2. The van der Waals surface area contributed by atoms with Crippen LogP contribution in [0.15, 0.2) is 0 Å². The molecular weight excluding hydrogens is 174 g/mol. The Kier molecular flexibility index (Phi) is 3.91. The van der Waals surface area contributed by atoms with Gasteiger partial charge in [0.05, 0.1) is 6.07 Å². The highest BCUT2D eigenvalue weighted by Gasteiger charge is 2.32. The standard InChI is InChI=1S/C11H21N3/c1-10(2)13-11(9-12)5-4-7-14(3)8-6-11/h10,13H,4-8H2,1-3H3. The minimum Gasteiger partial charge on any atom is -0.306 e. The normalized spacial score (nSPS) is 29.9. The highest BCUT2D eigenvalue weighted by atomic mass is 15.1. The van der Waals surface area contributed by atoms with Crippen LogP contribution in [0.2, 0.25) is 0 Å². The number of nitriles is 1. The molecule has 1 rings (SSSR count). The molecule has 0 spiro atoms. The average molecular weight is 195 g/mol. The van der Waals surface area contributed by atoms with Gasteiger partial charge in [-0.3, -0.25) is 5.32 Å². The van der Waals surface area contributed by atoms with Gasteiger partial charge in [-0.15, -0.1) is 0 Å². The Morgan fingerprint density at radius 1 is 1.36 bits per heavy atom. The lowest BCUT2D eigenvalue weighted by Gasteiger charge is -2.28. The quantitative estimate of drug-likeness (QED) is 0.723. The molecule has 0 aromatic heterocycles. The summed E-state index contributed by atoms with van der Waals surface area (Å²) in [6.07, 6.45) is 3.04. The van der Waals surface area contributed by atoms with E-state index in [1.807, 2.05) is 0 Å². The number of hydrogen-bond acceptors (Lipinski definition) is 3. The fraction of sp³-hybridized carbons (Fsp3) is 0.909. The Morgan fingerprint density at radius 2 is 2.07 bits per heavy atom. The van der Waals surface area contributed by atoms with Crippen molar-refractivity contribution in [1.29, 1.82) is 5.26 Å². The van der Waals surface area contributed by atoms with Crippen molar-refractivity contribution in [3.8, 4) is 6.07 Å². The molecule has 1 aliphatic rings. The Balaban J connectivity index is 2.64. The van der Waals surface area contributed by atoms with Crippen molar-refractivity contribution >= 4 is 0 Å². The minimum absolute atomic E-state index is 0.279. The van der Waals surface area contributed by atoms with E-state index in [0.717, 1.165) is 32.4 Å². The Morgan fingerprint density at radius 3 is 2.64 bits per heavy atom. The molecule has 0 radical (unpaired) electrons. The van der Waals surface area contributed by atoms with Gasteiger partial charge in [-0.2, -0.15) is 5.26 Å². The summed E-state index contributed by atoms with van der Waals surface area (Å²) < 4.78 is 0. The van der Waals surface area contributed by atoms with E-state index in [9.17, 15) is 5.26 Å². The minimum atomic E-state index is -0.279. The molecule has 0 aromatic rings. The summed E-state index contributed by atoms with van der Waals surface area (Å²) in [5.74, 6) is 0. The molecule has 0 amide bonds. The smallest absolute Gasteiger partial charge is 0.108 e. The SMILES string of the molecule is CC(C)NC1(C#N)CCCN(C)CC1. The zero-order chi connectivity index (χ0) is 10.6. The lowest BCUT2D eigenvalue weighted by atomic mass is 9.91. The van der Waals surface area contributed by atoms with Crippen LogP contribution >= 0.6 is 0 Å². The van der Waals surface area contributed by atoms with Gasteiger partial charge in [0.2, 0.25) is 0 Å². The second-order valence-electron chi connectivity index (χ2n) is 4.65. The van der Waals surface area contributed by atoms with Gasteiger partial charge in [0, 0.05) is 12.6 Å². The van der Waals surface area contributed by atoms with E-state index in [4.69, 9.17) is 0 Å². The first kappa shape index (κ1) is 11.5. The third-order valence-corrected chi connectivity index (χ3v) is 2.84. The van der Waals surface area contributed by atoms with Crippen molar-refractivity contribution < 1.29 is 0 Å². The summed E-state index contributed by atoms with van der Waals surface area (Å²) in [6, 6.07) is 2.86. The summed E-state index contributed by atoms with van der Waals surface area (Å²) in [7, 11) is 2.13. The first-order valence-electron chi connectivity index (χ1n) is 5.45. The van der Waals surface area contributed by atoms with Crippen molar-refractivity contribution in [1.82, 2.24) is 10.2 Å². The Bertz CT molecular complexity index is 219. The summed E-state index contributed by atoms with van der Waals surface area (Å²) in [4.78, 5) is 2.31. The summed E-state index contributed by atoms with van der Waals surface area (Å²) >= 11 is 0. The van der Waals surface area contributed by atoms with E-state index in [0.29, 0.717) is 6.04 Å². The van der Waals surface area contributed by atoms with Crippen molar-refractivity contribution in [2.45, 2.75) is 44.7 Å². The maximum Gasteiger partial charge on any atom is 0.108 e. The zero-order valence-corrected chi connectivity index (χ0v) is 9.51. The molecule has 1 unspecified atom stereocenters. The van der Waals surface area contributed by atoms with Crippen LogP contribution in [0.3, 0.4) is 0 Å². The molecule has 0 bridgehead atoms. The molecule has 1 saturated heterocycles. The summed E-state index contributed by atoms with van der Waals surface area (Å²) in [5, 5.41) is 12.7. The monoisotopic (exact) mass is 195 g/mol. The van der Waals surface area contributed by atoms with Gasteiger partial charge >= 0.3 is 0 Å². The highest BCUT2D eigenvalue weighted by Crippen LogP contribution is 2.21. The molecule has 0 aromatic carbocycles. The van der Waals surface area contributed by atoms with Crippen molar-refractivity contribution in [3.63, 3.8) is 0 Å². The highest BCUT2D eigenvalue weighted by molar-refractivity contribution is 5.08. The molecule has 80 valence electrons. The maximum absolute atomic E-state index is 9.27. The van der Waals surface area contributed by atoms with E-state index in [-0.39, 0.29) is 5.54 Å². The van der Waals surface area contributed by atoms with Crippen molar-refractivity contribution in [3.05, 3.63) is 0 Å². The van der Waals surface area contributed by atoms with E-state index < -0.39 is 0 Å². The van der Waals surface area contributed by atoms with Crippen LogP contribution in [-0.2, 0) is 0 Å². The second-order valence-corrected chi connectivity index (χ2v) is 4.65. The molecule has 1 fully saturated rings. The Labute approximate surface area is 87.1 Å².